The van der Waals surface area contributed by atoms with E-state index in [1.807, 2.05) is 24.3 Å². The second-order valence-corrected chi connectivity index (χ2v) is 4.57. The topological polar surface area (TPSA) is 64.6 Å². The number of methoxy groups -OCH3 is 1. The Kier molecular flexibility index (Phi) is 5.54. The lowest BCUT2D eigenvalue weighted by Crippen LogP contribution is -2.28. The van der Waals surface area contributed by atoms with Crippen molar-refractivity contribution in [1.82, 2.24) is 5.32 Å². The first-order valence-electron chi connectivity index (χ1n) is 6.79. The van der Waals surface area contributed by atoms with Gasteiger partial charge in [0, 0.05) is 6.54 Å². The number of amides is 1. The van der Waals surface area contributed by atoms with Crippen molar-refractivity contribution >= 4 is 12.2 Å². The number of benzene rings is 2. The van der Waals surface area contributed by atoms with E-state index >= 15 is 0 Å². The van der Waals surface area contributed by atoms with E-state index in [9.17, 15) is 9.59 Å². The number of rotatable bonds is 7. The van der Waals surface area contributed by atoms with E-state index in [-0.39, 0.29) is 12.5 Å². The van der Waals surface area contributed by atoms with Crippen LogP contribution in [-0.2, 0) is 11.3 Å². The number of ether oxygens (including phenoxy) is 2. The van der Waals surface area contributed by atoms with Gasteiger partial charge in [-0.15, -0.1) is 0 Å². The molecule has 2 aromatic rings. The van der Waals surface area contributed by atoms with E-state index in [0.29, 0.717) is 24.1 Å². The summed E-state index contributed by atoms with van der Waals surface area (Å²) in [5, 5.41) is 2.75. The minimum absolute atomic E-state index is 0.138. The maximum Gasteiger partial charge on any atom is 0.258 e. The van der Waals surface area contributed by atoms with E-state index < -0.39 is 0 Å². The van der Waals surface area contributed by atoms with Crippen molar-refractivity contribution in [3.05, 3.63) is 59.7 Å². The van der Waals surface area contributed by atoms with E-state index in [1.54, 1.807) is 31.4 Å². The molecule has 5 heteroatoms. The Hall–Kier alpha value is -2.82. The molecule has 0 aliphatic rings. The van der Waals surface area contributed by atoms with Gasteiger partial charge in [-0.3, -0.25) is 9.59 Å². The van der Waals surface area contributed by atoms with Gasteiger partial charge < -0.3 is 14.8 Å². The maximum atomic E-state index is 11.8. The number of carbonyl (C=O) groups excluding carboxylic acids is 2. The van der Waals surface area contributed by atoms with Gasteiger partial charge in [0.2, 0.25) is 0 Å². The maximum absolute atomic E-state index is 11.8. The molecule has 2 aromatic carbocycles. The molecule has 1 amide bonds. The van der Waals surface area contributed by atoms with E-state index in [0.717, 1.165) is 11.3 Å². The lowest BCUT2D eigenvalue weighted by atomic mass is 10.2. The molecule has 0 aliphatic carbocycles. The molecule has 0 saturated heterocycles. The number of carbonyl (C=O) groups is 2. The van der Waals surface area contributed by atoms with E-state index in [4.69, 9.17) is 9.47 Å². The molecular weight excluding hydrogens is 282 g/mol. The van der Waals surface area contributed by atoms with Gasteiger partial charge >= 0.3 is 0 Å². The van der Waals surface area contributed by atoms with Gasteiger partial charge in [0.1, 0.15) is 11.5 Å². The van der Waals surface area contributed by atoms with Crippen molar-refractivity contribution in [1.29, 1.82) is 0 Å². The van der Waals surface area contributed by atoms with Crippen LogP contribution in [-0.4, -0.2) is 25.9 Å². The van der Waals surface area contributed by atoms with Crippen molar-refractivity contribution in [2.45, 2.75) is 6.54 Å². The molecule has 0 saturated carbocycles. The Morgan fingerprint density at radius 1 is 1.14 bits per heavy atom. The summed E-state index contributed by atoms with van der Waals surface area (Å²) in [4.78, 5) is 22.6. The standard InChI is InChI=1S/C17H17NO4/c1-21-15-8-6-13(7-9-15)10-18-17(20)12-22-16-5-3-2-4-14(16)11-19/h2-9,11H,10,12H2,1H3,(H,18,20). The summed E-state index contributed by atoms with van der Waals surface area (Å²) in [6, 6.07) is 14.2. The molecule has 0 fully saturated rings. The van der Waals surface area contributed by atoms with Crippen molar-refractivity contribution in [3.63, 3.8) is 0 Å². The molecule has 114 valence electrons. The highest BCUT2D eigenvalue weighted by Gasteiger charge is 2.06. The van der Waals surface area contributed by atoms with Crippen LogP contribution in [0.15, 0.2) is 48.5 Å². The number of para-hydroxylation sites is 1. The lowest BCUT2D eigenvalue weighted by molar-refractivity contribution is -0.123. The Labute approximate surface area is 128 Å². The summed E-state index contributed by atoms with van der Waals surface area (Å²) in [7, 11) is 1.60. The molecule has 1 N–H and O–H groups in total. The van der Waals surface area contributed by atoms with Gasteiger partial charge in [0.25, 0.3) is 5.91 Å². The number of nitrogens with one attached hydrogen (secondary N) is 1. The normalized spacial score (nSPS) is 9.86. The van der Waals surface area contributed by atoms with E-state index in [1.165, 1.54) is 0 Å². The summed E-state index contributed by atoms with van der Waals surface area (Å²) in [5.41, 5.74) is 1.38. The zero-order chi connectivity index (χ0) is 15.8. The fourth-order valence-electron chi connectivity index (χ4n) is 1.85. The number of hydrogen-bond acceptors (Lipinski definition) is 4. The third-order valence-corrected chi connectivity index (χ3v) is 3.05. The summed E-state index contributed by atoms with van der Waals surface area (Å²) in [5.74, 6) is 0.914. The third kappa shape index (κ3) is 4.34. The minimum Gasteiger partial charge on any atom is -0.497 e. The number of aldehydes is 1. The molecule has 0 spiro atoms. The van der Waals surface area contributed by atoms with Crippen LogP contribution in [0.3, 0.4) is 0 Å². The second-order valence-electron chi connectivity index (χ2n) is 4.57. The highest BCUT2D eigenvalue weighted by atomic mass is 16.5. The minimum atomic E-state index is -0.253. The Balaban J connectivity index is 1.81. The first kappa shape index (κ1) is 15.6. The molecule has 22 heavy (non-hydrogen) atoms. The zero-order valence-electron chi connectivity index (χ0n) is 12.2. The lowest BCUT2D eigenvalue weighted by Gasteiger charge is -2.09. The van der Waals surface area contributed by atoms with Crippen LogP contribution in [0.4, 0.5) is 0 Å². The van der Waals surface area contributed by atoms with Gasteiger partial charge in [-0.25, -0.2) is 0 Å². The highest BCUT2D eigenvalue weighted by molar-refractivity contribution is 5.80. The summed E-state index contributed by atoms with van der Waals surface area (Å²) >= 11 is 0. The van der Waals surface area contributed by atoms with Crippen LogP contribution in [0, 0.1) is 0 Å². The largest absolute Gasteiger partial charge is 0.497 e. The summed E-state index contributed by atoms with van der Waals surface area (Å²) in [6.07, 6.45) is 0.699. The van der Waals surface area contributed by atoms with Crippen LogP contribution in [0.2, 0.25) is 0 Å². The molecule has 2 rings (SSSR count). The highest BCUT2D eigenvalue weighted by Crippen LogP contribution is 2.15. The Morgan fingerprint density at radius 3 is 2.55 bits per heavy atom. The van der Waals surface area contributed by atoms with Crippen molar-refractivity contribution in [2.24, 2.45) is 0 Å². The van der Waals surface area contributed by atoms with Crippen molar-refractivity contribution in [3.8, 4) is 11.5 Å². The van der Waals surface area contributed by atoms with Crippen LogP contribution in [0.5, 0.6) is 11.5 Å². The van der Waals surface area contributed by atoms with Crippen LogP contribution in [0.1, 0.15) is 15.9 Å². The SMILES string of the molecule is COc1ccc(CNC(=O)COc2ccccc2C=O)cc1. The zero-order valence-corrected chi connectivity index (χ0v) is 12.2. The molecule has 0 radical (unpaired) electrons. The first-order valence-corrected chi connectivity index (χ1v) is 6.79. The summed E-state index contributed by atoms with van der Waals surface area (Å²) < 4.78 is 10.4. The third-order valence-electron chi connectivity index (χ3n) is 3.05. The van der Waals surface area contributed by atoms with E-state index in [2.05, 4.69) is 5.32 Å². The van der Waals surface area contributed by atoms with Crippen molar-refractivity contribution in [2.75, 3.05) is 13.7 Å². The molecule has 0 unspecified atom stereocenters. The quantitative estimate of drug-likeness (QED) is 0.796. The molecular formula is C17H17NO4. The Bertz CT molecular complexity index is 637. The van der Waals surface area contributed by atoms with Gasteiger partial charge in [0.05, 0.1) is 12.7 Å². The molecule has 0 heterocycles. The summed E-state index contributed by atoms with van der Waals surface area (Å²) in [6.45, 7) is 0.266. The van der Waals surface area contributed by atoms with Crippen LogP contribution in [0.25, 0.3) is 0 Å². The van der Waals surface area contributed by atoms with Gasteiger partial charge in [0.15, 0.2) is 12.9 Å². The molecule has 5 nitrogen and oxygen atoms in total. The van der Waals surface area contributed by atoms with Crippen LogP contribution >= 0.6 is 0 Å². The molecule has 0 aliphatic heterocycles. The number of hydrogen-bond donors (Lipinski definition) is 1. The van der Waals surface area contributed by atoms with Gasteiger partial charge in [-0.1, -0.05) is 24.3 Å². The molecule has 0 aromatic heterocycles. The van der Waals surface area contributed by atoms with Gasteiger partial charge in [-0.2, -0.15) is 0 Å². The molecule has 0 bridgehead atoms. The van der Waals surface area contributed by atoms with Crippen LogP contribution < -0.4 is 14.8 Å². The van der Waals surface area contributed by atoms with Crippen molar-refractivity contribution < 1.29 is 19.1 Å². The average molecular weight is 299 g/mol. The first-order chi connectivity index (χ1) is 10.7. The monoisotopic (exact) mass is 299 g/mol. The molecule has 0 atom stereocenters. The predicted molar refractivity (Wildman–Crippen MR) is 82.2 cm³/mol. The van der Waals surface area contributed by atoms with Gasteiger partial charge in [-0.05, 0) is 29.8 Å². The second kappa shape index (κ2) is 7.83. The fraction of sp³-hybridized carbons (Fsp3) is 0.176. The predicted octanol–water partition coefficient (Wildman–Crippen LogP) is 2.20. The fourth-order valence-corrected chi connectivity index (χ4v) is 1.85. The Morgan fingerprint density at radius 2 is 1.86 bits per heavy atom. The smallest absolute Gasteiger partial charge is 0.258 e. The average Bonchev–Trinajstić information content (AvgIpc) is 2.58.